The van der Waals surface area contributed by atoms with E-state index in [1.807, 2.05) is 0 Å². The van der Waals surface area contributed by atoms with Crippen LogP contribution in [0.5, 0.6) is 0 Å². The minimum Gasteiger partial charge on any atom is -0.316 e. The first kappa shape index (κ1) is 11.9. The van der Waals surface area contributed by atoms with Gasteiger partial charge in [0.1, 0.15) is 11.6 Å². The first-order chi connectivity index (χ1) is 7.75. The van der Waals surface area contributed by atoms with E-state index < -0.39 is 11.6 Å². The molecule has 0 spiro atoms. The van der Waals surface area contributed by atoms with E-state index in [0.29, 0.717) is 10.8 Å². The standard InChI is InChI=1S/C12H15F2NS/c13-10-3-4-12(11(14)6-10)16-8-9-2-1-5-15-7-9/h3-4,6,9,15H,1-2,5,7-8H2/t9-/m1/s1. The largest absolute Gasteiger partial charge is 0.316 e. The lowest BCUT2D eigenvalue weighted by molar-refractivity contribution is 0.410. The van der Waals surface area contributed by atoms with Gasteiger partial charge in [-0.05, 0) is 44.0 Å². The van der Waals surface area contributed by atoms with E-state index in [0.717, 1.165) is 24.9 Å². The Bertz CT molecular complexity index is 351. The molecule has 0 aromatic heterocycles. The molecule has 0 saturated carbocycles. The number of piperidine rings is 1. The average molecular weight is 243 g/mol. The van der Waals surface area contributed by atoms with E-state index in [-0.39, 0.29) is 0 Å². The highest BCUT2D eigenvalue weighted by Crippen LogP contribution is 2.26. The summed E-state index contributed by atoms with van der Waals surface area (Å²) in [4.78, 5) is 0.548. The van der Waals surface area contributed by atoms with Crippen LogP contribution in [0.3, 0.4) is 0 Å². The smallest absolute Gasteiger partial charge is 0.139 e. The van der Waals surface area contributed by atoms with Crippen LogP contribution in [-0.2, 0) is 0 Å². The number of thioether (sulfide) groups is 1. The van der Waals surface area contributed by atoms with Crippen molar-refractivity contribution in [2.45, 2.75) is 17.7 Å². The highest BCUT2D eigenvalue weighted by molar-refractivity contribution is 7.99. The maximum Gasteiger partial charge on any atom is 0.139 e. The summed E-state index contributed by atoms with van der Waals surface area (Å²) in [5.41, 5.74) is 0. The Hall–Kier alpha value is -0.610. The van der Waals surface area contributed by atoms with Crippen molar-refractivity contribution in [3.63, 3.8) is 0 Å². The molecule has 1 saturated heterocycles. The zero-order valence-corrected chi connectivity index (χ0v) is 9.83. The molecule has 4 heteroatoms. The maximum atomic E-state index is 13.3. The molecule has 1 fully saturated rings. The molecule has 1 aliphatic heterocycles. The Morgan fingerprint density at radius 1 is 1.38 bits per heavy atom. The molecule has 1 heterocycles. The van der Waals surface area contributed by atoms with Crippen molar-refractivity contribution in [3.8, 4) is 0 Å². The summed E-state index contributed by atoms with van der Waals surface area (Å²) in [6.45, 7) is 2.10. The van der Waals surface area contributed by atoms with Crippen LogP contribution in [0, 0.1) is 17.6 Å². The molecule has 1 N–H and O–H groups in total. The Morgan fingerprint density at radius 3 is 2.94 bits per heavy atom. The van der Waals surface area contributed by atoms with Crippen LogP contribution in [0.1, 0.15) is 12.8 Å². The van der Waals surface area contributed by atoms with Gasteiger partial charge in [0, 0.05) is 16.7 Å². The van der Waals surface area contributed by atoms with Crippen LogP contribution >= 0.6 is 11.8 Å². The Labute approximate surface area is 98.6 Å². The number of rotatable bonds is 3. The zero-order valence-electron chi connectivity index (χ0n) is 9.01. The monoisotopic (exact) mass is 243 g/mol. The number of hydrogen-bond donors (Lipinski definition) is 1. The summed E-state index contributed by atoms with van der Waals surface area (Å²) < 4.78 is 26.0. The summed E-state index contributed by atoms with van der Waals surface area (Å²) in [7, 11) is 0. The second-order valence-corrected chi connectivity index (χ2v) is 5.16. The second kappa shape index (κ2) is 5.64. The molecular weight excluding hydrogens is 228 g/mol. The van der Waals surface area contributed by atoms with Crippen LogP contribution < -0.4 is 5.32 Å². The van der Waals surface area contributed by atoms with E-state index >= 15 is 0 Å². The molecule has 1 atom stereocenters. The van der Waals surface area contributed by atoms with Crippen molar-refractivity contribution >= 4 is 11.8 Å². The average Bonchev–Trinajstić information content (AvgIpc) is 2.29. The van der Waals surface area contributed by atoms with Crippen molar-refractivity contribution in [1.29, 1.82) is 0 Å². The lowest BCUT2D eigenvalue weighted by atomic mass is 10.0. The summed E-state index contributed by atoms with van der Waals surface area (Å²) in [6.07, 6.45) is 2.39. The molecule has 0 radical (unpaired) electrons. The molecule has 16 heavy (non-hydrogen) atoms. The van der Waals surface area contributed by atoms with Crippen molar-refractivity contribution in [3.05, 3.63) is 29.8 Å². The third-order valence-corrected chi connectivity index (χ3v) is 4.05. The number of hydrogen-bond acceptors (Lipinski definition) is 2. The topological polar surface area (TPSA) is 12.0 Å². The molecule has 1 aromatic carbocycles. The van der Waals surface area contributed by atoms with Gasteiger partial charge in [-0.15, -0.1) is 11.8 Å². The van der Waals surface area contributed by atoms with E-state index in [1.165, 1.54) is 36.7 Å². The van der Waals surface area contributed by atoms with Gasteiger partial charge in [-0.25, -0.2) is 8.78 Å². The van der Waals surface area contributed by atoms with Crippen LogP contribution in [0.4, 0.5) is 8.78 Å². The number of nitrogens with one attached hydrogen (secondary N) is 1. The molecule has 1 nitrogen and oxygen atoms in total. The van der Waals surface area contributed by atoms with Gasteiger partial charge in [-0.1, -0.05) is 0 Å². The molecule has 0 aliphatic carbocycles. The first-order valence-corrected chi connectivity index (χ1v) is 6.53. The molecule has 0 unspecified atom stereocenters. The van der Waals surface area contributed by atoms with Gasteiger partial charge in [0.25, 0.3) is 0 Å². The highest BCUT2D eigenvalue weighted by Gasteiger charge is 2.14. The molecule has 1 aliphatic rings. The number of halogens is 2. The van der Waals surface area contributed by atoms with Gasteiger partial charge in [0.15, 0.2) is 0 Å². The summed E-state index contributed by atoms with van der Waals surface area (Å²) in [5.74, 6) is 0.536. The van der Waals surface area contributed by atoms with Crippen LogP contribution in [0.15, 0.2) is 23.1 Å². The fourth-order valence-electron chi connectivity index (χ4n) is 1.87. The minimum atomic E-state index is -0.513. The predicted octanol–water partition coefficient (Wildman–Crippen LogP) is 3.06. The fraction of sp³-hybridized carbons (Fsp3) is 0.500. The zero-order chi connectivity index (χ0) is 11.4. The van der Waals surface area contributed by atoms with Crippen molar-refractivity contribution in [2.24, 2.45) is 5.92 Å². The Kier molecular flexibility index (Phi) is 4.18. The van der Waals surface area contributed by atoms with Crippen LogP contribution in [-0.4, -0.2) is 18.8 Å². The molecule has 0 amide bonds. The fourth-order valence-corrected chi connectivity index (χ4v) is 2.93. The third kappa shape index (κ3) is 3.19. The Balaban J connectivity index is 1.88. The van der Waals surface area contributed by atoms with Crippen molar-refractivity contribution in [1.82, 2.24) is 5.32 Å². The second-order valence-electron chi connectivity index (χ2n) is 4.10. The minimum absolute atomic E-state index is 0.450. The molecule has 1 aromatic rings. The van der Waals surface area contributed by atoms with Crippen LogP contribution in [0.25, 0.3) is 0 Å². The van der Waals surface area contributed by atoms with E-state index in [9.17, 15) is 8.78 Å². The summed E-state index contributed by atoms with van der Waals surface area (Å²) in [5, 5.41) is 3.33. The van der Waals surface area contributed by atoms with E-state index in [2.05, 4.69) is 5.32 Å². The van der Waals surface area contributed by atoms with E-state index in [1.54, 1.807) is 0 Å². The lowest BCUT2D eigenvalue weighted by Gasteiger charge is -2.22. The van der Waals surface area contributed by atoms with Gasteiger partial charge in [-0.2, -0.15) is 0 Å². The maximum absolute atomic E-state index is 13.3. The van der Waals surface area contributed by atoms with E-state index in [4.69, 9.17) is 0 Å². The van der Waals surface area contributed by atoms with Gasteiger partial charge >= 0.3 is 0 Å². The van der Waals surface area contributed by atoms with Gasteiger partial charge in [0.2, 0.25) is 0 Å². The van der Waals surface area contributed by atoms with Gasteiger partial charge in [-0.3, -0.25) is 0 Å². The normalized spacial score (nSPS) is 21.0. The van der Waals surface area contributed by atoms with Crippen LogP contribution in [0.2, 0.25) is 0 Å². The SMILES string of the molecule is Fc1ccc(SC[C@@H]2CCCNC2)c(F)c1. The highest BCUT2D eigenvalue weighted by atomic mass is 32.2. The van der Waals surface area contributed by atoms with Crippen molar-refractivity contribution < 1.29 is 8.78 Å². The number of benzene rings is 1. The van der Waals surface area contributed by atoms with Gasteiger partial charge < -0.3 is 5.32 Å². The summed E-state index contributed by atoms with van der Waals surface area (Å²) >= 11 is 1.48. The molecule has 2 rings (SSSR count). The molecular formula is C12H15F2NS. The lowest BCUT2D eigenvalue weighted by Crippen LogP contribution is -2.30. The predicted molar refractivity (Wildman–Crippen MR) is 62.7 cm³/mol. The Morgan fingerprint density at radius 2 is 2.25 bits per heavy atom. The summed E-state index contributed by atoms with van der Waals surface area (Å²) in [6, 6.07) is 3.78. The molecule has 88 valence electrons. The quantitative estimate of drug-likeness (QED) is 0.819. The van der Waals surface area contributed by atoms with Crippen molar-refractivity contribution in [2.75, 3.05) is 18.8 Å². The third-order valence-electron chi connectivity index (χ3n) is 2.77. The first-order valence-electron chi connectivity index (χ1n) is 5.54. The van der Waals surface area contributed by atoms with Gasteiger partial charge in [0.05, 0.1) is 0 Å². The molecule has 0 bridgehead atoms.